The highest BCUT2D eigenvalue weighted by atomic mass is 79.9. The van der Waals surface area contributed by atoms with Gasteiger partial charge >= 0.3 is 0 Å². The third kappa shape index (κ3) is 3.41. The number of ether oxygens (including phenoxy) is 1. The van der Waals surface area contributed by atoms with E-state index in [9.17, 15) is 0 Å². The number of aryl methyl sites for hydroxylation is 3. The first-order valence-corrected chi connectivity index (χ1v) is 7.48. The predicted octanol–water partition coefficient (Wildman–Crippen LogP) is 4.41. The maximum atomic E-state index is 5.99. The second kappa shape index (κ2) is 6.42. The maximum absolute atomic E-state index is 5.99. The Labute approximate surface area is 129 Å². The van der Waals surface area contributed by atoms with Crippen molar-refractivity contribution in [1.29, 1.82) is 0 Å². The monoisotopic (exact) mass is 333 g/mol. The van der Waals surface area contributed by atoms with Crippen LogP contribution in [0.5, 0.6) is 5.75 Å². The Morgan fingerprint density at radius 3 is 2.40 bits per heavy atom. The third-order valence-electron chi connectivity index (χ3n) is 3.49. The zero-order valence-corrected chi connectivity index (χ0v) is 13.8. The van der Waals surface area contributed by atoms with Crippen LogP contribution in [-0.2, 0) is 13.2 Å². The molecule has 0 aromatic heterocycles. The topological polar surface area (TPSA) is 35.2 Å². The lowest BCUT2D eigenvalue weighted by Gasteiger charge is -2.14. The number of nitrogens with two attached hydrogens (primary N) is 1. The van der Waals surface area contributed by atoms with E-state index in [1.165, 1.54) is 16.7 Å². The van der Waals surface area contributed by atoms with Gasteiger partial charge in [-0.15, -0.1) is 0 Å². The molecular formula is C17H20BrNO. The second-order valence-corrected chi connectivity index (χ2v) is 6.04. The highest BCUT2D eigenvalue weighted by Crippen LogP contribution is 2.28. The molecule has 0 amide bonds. The summed E-state index contributed by atoms with van der Waals surface area (Å²) in [5, 5.41) is 0. The molecule has 2 aromatic rings. The van der Waals surface area contributed by atoms with Gasteiger partial charge in [0.15, 0.2) is 0 Å². The van der Waals surface area contributed by atoms with Crippen molar-refractivity contribution in [3.63, 3.8) is 0 Å². The first kappa shape index (κ1) is 15.1. The van der Waals surface area contributed by atoms with Crippen LogP contribution in [0.4, 0.5) is 0 Å². The molecule has 0 heterocycles. The molecule has 0 radical (unpaired) electrons. The van der Waals surface area contributed by atoms with Gasteiger partial charge in [-0.25, -0.2) is 0 Å². The summed E-state index contributed by atoms with van der Waals surface area (Å²) < 4.78 is 7.03. The van der Waals surface area contributed by atoms with Gasteiger partial charge in [0.2, 0.25) is 0 Å². The van der Waals surface area contributed by atoms with Gasteiger partial charge < -0.3 is 10.5 Å². The Morgan fingerprint density at radius 1 is 1.00 bits per heavy atom. The van der Waals surface area contributed by atoms with Crippen LogP contribution < -0.4 is 10.5 Å². The van der Waals surface area contributed by atoms with Gasteiger partial charge in [-0.1, -0.05) is 34.1 Å². The number of hydrogen-bond acceptors (Lipinski definition) is 2. The summed E-state index contributed by atoms with van der Waals surface area (Å²) in [5.41, 5.74) is 11.7. The van der Waals surface area contributed by atoms with Crippen LogP contribution >= 0.6 is 15.9 Å². The molecule has 20 heavy (non-hydrogen) atoms. The van der Waals surface area contributed by atoms with Crippen molar-refractivity contribution in [2.45, 2.75) is 33.9 Å². The predicted molar refractivity (Wildman–Crippen MR) is 87.0 cm³/mol. The van der Waals surface area contributed by atoms with Crippen molar-refractivity contribution in [2.75, 3.05) is 0 Å². The molecule has 2 aromatic carbocycles. The maximum Gasteiger partial charge on any atom is 0.127 e. The second-order valence-electron chi connectivity index (χ2n) is 5.12. The lowest BCUT2D eigenvalue weighted by atomic mass is 10.1. The van der Waals surface area contributed by atoms with E-state index in [0.717, 1.165) is 21.3 Å². The standard InChI is InChI=1S/C17H20BrNO/c1-11-4-5-14(6-12(11)2)10-20-17-13(3)7-16(18)8-15(17)9-19/h4-8H,9-10,19H2,1-3H3. The normalized spacial score (nSPS) is 10.7. The van der Waals surface area contributed by atoms with E-state index in [1.807, 2.05) is 13.0 Å². The van der Waals surface area contributed by atoms with Crippen molar-refractivity contribution in [2.24, 2.45) is 5.73 Å². The fourth-order valence-corrected chi connectivity index (χ4v) is 2.83. The van der Waals surface area contributed by atoms with E-state index in [4.69, 9.17) is 10.5 Å². The molecule has 2 N–H and O–H groups in total. The molecule has 3 heteroatoms. The van der Waals surface area contributed by atoms with Crippen LogP contribution in [0.3, 0.4) is 0 Å². The minimum atomic E-state index is 0.475. The van der Waals surface area contributed by atoms with E-state index >= 15 is 0 Å². The third-order valence-corrected chi connectivity index (χ3v) is 3.95. The zero-order chi connectivity index (χ0) is 14.7. The summed E-state index contributed by atoms with van der Waals surface area (Å²) in [7, 11) is 0. The summed E-state index contributed by atoms with van der Waals surface area (Å²) in [5.74, 6) is 0.897. The first-order valence-electron chi connectivity index (χ1n) is 6.69. The number of halogens is 1. The molecule has 2 nitrogen and oxygen atoms in total. The highest BCUT2D eigenvalue weighted by Gasteiger charge is 2.08. The average molecular weight is 334 g/mol. The average Bonchev–Trinajstić information content (AvgIpc) is 2.40. The molecule has 2 rings (SSSR count). The molecule has 0 bridgehead atoms. The van der Waals surface area contributed by atoms with Gasteiger partial charge in [0.25, 0.3) is 0 Å². The Hall–Kier alpha value is -1.32. The van der Waals surface area contributed by atoms with Gasteiger partial charge in [0.1, 0.15) is 12.4 Å². The van der Waals surface area contributed by atoms with Crippen LogP contribution in [0, 0.1) is 20.8 Å². The molecule has 0 aliphatic rings. The Balaban J connectivity index is 2.20. The minimum absolute atomic E-state index is 0.475. The smallest absolute Gasteiger partial charge is 0.127 e. The van der Waals surface area contributed by atoms with Crippen LogP contribution in [0.15, 0.2) is 34.8 Å². The molecule has 0 saturated heterocycles. The number of hydrogen-bond donors (Lipinski definition) is 1. The van der Waals surface area contributed by atoms with Crippen LogP contribution in [0.1, 0.15) is 27.8 Å². The van der Waals surface area contributed by atoms with Gasteiger partial charge in [0, 0.05) is 16.6 Å². The van der Waals surface area contributed by atoms with Gasteiger partial charge in [0.05, 0.1) is 0 Å². The summed E-state index contributed by atoms with van der Waals surface area (Å²) >= 11 is 3.49. The number of rotatable bonds is 4. The molecule has 0 fully saturated rings. The highest BCUT2D eigenvalue weighted by molar-refractivity contribution is 9.10. The summed E-state index contributed by atoms with van der Waals surface area (Å²) in [4.78, 5) is 0. The fraction of sp³-hybridized carbons (Fsp3) is 0.294. The van der Waals surface area contributed by atoms with Crippen LogP contribution in [0.25, 0.3) is 0 Å². The molecule has 0 unspecified atom stereocenters. The molecular weight excluding hydrogens is 314 g/mol. The molecule has 106 valence electrons. The fourth-order valence-electron chi connectivity index (χ4n) is 2.21. The Morgan fingerprint density at radius 2 is 1.75 bits per heavy atom. The van der Waals surface area contributed by atoms with Gasteiger partial charge in [-0.2, -0.15) is 0 Å². The van der Waals surface area contributed by atoms with Crippen molar-refractivity contribution in [1.82, 2.24) is 0 Å². The van der Waals surface area contributed by atoms with Crippen LogP contribution in [-0.4, -0.2) is 0 Å². The lowest BCUT2D eigenvalue weighted by molar-refractivity contribution is 0.300. The molecule has 0 aliphatic carbocycles. The summed E-state index contributed by atoms with van der Waals surface area (Å²) in [6.45, 7) is 7.32. The molecule has 0 spiro atoms. The number of benzene rings is 2. The zero-order valence-electron chi connectivity index (χ0n) is 12.2. The minimum Gasteiger partial charge on any atom is -0.488 e. The Bertz CT molecular complexity index is 623. The van der Waals surface area contributed by atoms with Gasteiger partial charge in [-0.3, -0.25) is 0 Å². The van der Waals surface area contributed by atoms with E-state index in [-0.39, 0.29) is 0 Å². The van der Waals surface area contributed by atoms with Gasteiger partial charge in [-0.05, 0) is 55.2 Å². The van der Waals surface area contributed by atoms with Crippen molar-refractivity contribution >= 4 is 15.9 Å². The van der Waals surface area contributed by atoms with Crippen molar-refractivity contribution in [3.8, 4) is 5.75 Å². The SMILES string of the molecule is Cc1ccc(COc2c(C)cc(Br)cc2CN)cc1C. The van der Waals surface area contributed by atoms with Crippen molar-refractivity contribution in [3.05, 3.63) is 62.6 Å². The van der Waals surface area contributed by atoms with E-state index in [1.54, 1.807) is 0 Å². The Kier molecular flexibility index (Phi) is 4.84. The first-order chi connectivity index (χ1) is 9.51. The quantitative estimate of drug-likeness (QED) is 0.899. The summed E-state index contributed by atoms with van der Waals surface area (Å²) in [6.07, 6.45) is 0. The summed E-state index contributed by atoms with van der Waals surface area (Å²) in [6, 6.07) is 10.5. The van der Waals surface area contributed by atoms with E-state index in [0.29, 0.717) is 13.2 Å². The molecule has 0 aliphatic heterocycles. The lowest BCUT2D eigenvalue weighted by Crippen LogP contribution is -2.05. The van der Waals surface area contributed by atoms with E-state index in [2.05, 4.69) is 54.0 Å². The van der Waals surface area contributed by atoms with Crippen molar-refractivity contribution < 1.29 is 4.74 Å². The van der Waals surface area contributed by atoms with E-state index < -0.39 is 0 Å². The van der Waals surface area contributed by atoms with Crippen LogP contribution in [0.2, 0.25) is 0 Å². The molecule has 0 saturated carbocycles. The molecule has 0 atom stereocenters. The largest absolute Gasteiger partial charge is 0.488 e.